The van der Waals surface area contributed by atoms with E-state index in [0.29, 0.717) is 5.92 Å². The SMILES string of the molecule is CC(=O)O[C@@H]1[C@H](O)[C@@H]2C(C)(C)C(=O)C=C[C@]2(C)[C@H]2CC[C@]3(C)C(=CC[C@H]3c3ccoc3)[C@]12C. The van der Waals surface area contributed by atoms with Gasteiger partial charge in [0.25, 0.3) is 0 Å². The van der Waals surface area contributed by atoms with Crippen LogP contribution in [0.1, 0.15) is 72.3 Å². The molecule has 5 heteroatoms. The summed E-state index contributed by atoms with van der Waals surface area (Å²) in [6, 6.07) is 2.05. The molecule has 4 aliphatic rings. The van der Waals surface area contributed by atoms with E-state index in [9.17, 15) is 14.7 Å². The quantitative estimate of drug-likeness (QED) is 0.492. The summed E-state index contributed by atoms with van der Waals surface area (Å²) in [4.78, 5) is 25.2. The Morgan fingerprint density at radius 2 is 1.94 bits per heavy atom. The molecule has 1 aromatic heterocycles. The highest BCUT2D eigenvalue weighted by Gasteiger charge is 2.71. The van der Waals surface area contributed by atoms with Gasteiger partial charge in [-0.05, 0) is 59.6 Å². The van der Waals surface area contributed by atoms with E-state index in [-0.39, 0.29) is 23.0 Å². The summed E-state index contributed by atoms with van der Waals surface area (Å²) in [5.74, 6) is -0.273. The fourth-order valence-electron chi connectivity index (χ4n) is 8.81. The van der Waals surface area contributed by atoms with Gasteiger partial charge in [-0.15, -0.1) is 0 Å². The highest BCUT2D eigenvalue weighted by Crippen LogP contribution is 2.72. The molecule has 0 bridgehead atoms. The molecule has 0 radical (unpaired) electrons. The summed E-state index contributed by atoms with van der Waals surface area (Å²) in [7, 11) is 0. The first-order valence-electron chi connectivity index (χ1n) is 12.2. The Kier molecular flexibility index (Phi) is 4.76. The van der Waals surface area contributed by atoms with Crippen molar-refractivity contribution in [2.45, 2.75) is 78.9 Å². The molecule has 4 aliphatic carbocycles. The van der Waals surface area contributed by atoms with Crippen LogP contribution in [-0.2, 0) is 14.3 Å². The van der Waals surface area contributed by atoms with Crippen molar-refractivity contribution in [3.63, 3.8) is 0 Å². The maximum Gasteiger partial charge on any atom is 0.303 e. The normalized spacial score (nSPS) is 45.6. The molecule has 8 atom stereocenters. The lowest BCUT2D eigenvalue weighted by Crippen LogP contribution is -2.70. The third kappa shape index (κ3) is 2.75. The number of hydrogen-bond acceptors (Lipinski definition) is 5. The molecule has 5 rings (SSSR count). The monoisotopic (exact) mass is 452 g/mol. The van der Waals surface area contributed by atoms with Crippen molar-refractivity contribution in [1.82, 2.24) is 0 Å². The number of aliphatic hydroxyl groups is 1. The molecular formula is C28H36O5. The number of esters is 1. The number of carbonyl (C=O) groups is 2. The summed E-state index contributed by atoms with van der Waals surface area (Å²) in [5.41, 5.74) is 0.693. The maximum absolute atomic E-state index is 12.9. The molecule has 0 spiro atoms. The summed E-state index contributed by atoms with van der Waals surface area (Å²) in [6.07, 6.45) is 10.9. The summed E-state index contributed by atoms with van der Waals surface area (Å²) in [5, 5.41) is 11.9. The first-order chi connectivity index (χ1) is 15.4. The first kappa shape index (κ1) is 22.6. The molecule has 178 valence electrons. The lowest BCUT2D eigenvalue weighted by molar-refractivity contribution is -0.228. The fourth-order valence-corrected chi connectivity index (χ4v) is 8.81. The smallest absolute Gasteiger partial charge is 0.303 e. The molecule has 1 aromatic rings. The van der Waals surface area contributed by atoms with E-state index in [2.05, 4.69) is 32.9 Å². The van der Waals surface area contributed by atoms with Crippen molar-refractivity contribution in [3.05, 3.63) is 48.0 Å². The van der Waals surface area contributed by atoms with Crippen molar-refractivity contribution in [2.75, 3.05) is 0 Å². The second-order valence-corrected chi connectivity index (χ2v) is 12.0. The van der Waals surface area contributed by atoms with Crippen molar-refractivity contribution in [1.29, 1.82) is 0 Å². The van der Waals surface area contributed by atoms with Crippen molar-refractivity contribution < 1.29 is 23.8 Å². The number of furan rings is 1. The number of hydrogen-bond donors (Lipinski definition) is 1. The Bertz CT molecular complexity index is 1050. The minimum atomic E-state index is -0.944. The van der Waals surface area contributed by atoms with Crippen molar-refractivity contribution >= 4 is 11.8 Å². The molecule has 2 saturated carbocycles. The third-order valence-corrected chi connectivity index (χ3v) is 10.1. The number of allylic oxidation sites excluding steroid dienone is 3. The molecule has 0 amide bonds. The Labute approximate surface area is 196 Å². The van der Waals surface area contributed by atoms with Crippen LogP contribution in [0.25, 0.3) is 0 Å². The van der Waals surface area contributed by atoms with Crippen LogP contribution < -0.4 is 0 Å². The van der Waals surface area contributed by atoms with Gasteiger partial charge in [0.15, 0.2) is 5.78 Å². The lowest BCUT2D eigenvalue weighted by atomic mass is 9.38. The van der Waals surface area contributed by atoms with Gasteiger partial charge in [0.2, 0.25) is 0 Å². The van der Waals surface area contributed by atoms with E-state index < -0.39 is 34.4 Å². The molecule has 1 N–H and O–H groups in total. The number of aliphatic hydroxyl groups excluding tert-OH is 1. The maximum atomic E-state index is 12.9. The van der Waals surface area contributed by atoms with Gasteiger partial charge in [-0.3, -0.25) is 9.59 Å². The van der Waals surface area contributed by atoms with Crippen LogP contribution in [0.2, 0.25) is 0 Å². The largest absolute Gasteiger partial charge is 0.472 e. The zero-order valence-corrected chi connectivity index (χ0v) is 20.6. The zero-order valence-electron chi connectivity index (χ0n) is 20.6. The van der Waals surface area contributed by atoms with Crippen LogP contribution in [0.3, 0.4) is 0 Å². The van der Waals surface area contributed by atoms with Gasteiger partial charge in [-0.1, -0.05) is 52.3 Å². The number of fused-ring (bicyclic) bond motifs is 5. The Balaban J connectivity index is 1.68. The van der Waals surface area contributed by atoms with Crippen LogP contribution in [0.5, 0.6) is 0 Å². The zero-order chi connectivity index (χ0) is 24.0. The van der Waals surface area contributed by atoms with Crippen LogP contribution in [0.15, 0.2) is 46.8 Å². The molecular weight excluding hydrogens is 416 g/mol. The topological polar surface area (TPSA) is 76.7 Å². The molecule has 2 fully saturated rings. The highest BCUT2D eigenvalue weighted by molar-refractivity contribution is 5.96. The van der Waals surface area contributed by atoms with Gasteiger partial charge < -0.3 is 14.3 Å². The van der Waals surface area contributed by atoms with Crippen LogP contribution in [0, 0.1) is 33.5 Å². The van der Waals surface area contributed by atoms with E-state index in [4.69, 9.17) is 9.15 Å². The van der Waals surface area contributed by atoms with Crippen LogP contribution >= 0.6 is 0 Å². The lowest BCUT2D eigenvalue weighted by Gasteiger charge is -2.67. The highest BCUT2D eigenvalue weighted by atomic mass is 16.6. The molecule has 0 aliphatic heterocycles. The standard InChI is InChI=1S/C28H36O5/c1-16(29)33-24-22(31)23-25(2,3)21(30)10-13-27(23,5)20-9-12-26(4)18(17-11-14-32-15-17)7-8-19(26)28(20,24)6/h8,10-11,13-15,18,20,22-24,31H,7,9,12H2,1-6H3/t18-,20+,22+,23+,24+,26-,27+,28-/m0/s1. The van der Waals surface area contributed by atoms with Crippen molar-refractivity contribution in [2.24, 2.45) is 33.5 Å². The van der Waals surface area contributed by atoms with E-state index in [0.717, 1.165) is 19.3 Å². The molecule has 0 unspecified atom stereocenters. The average molecular weight is 453 g/mol. The number of ether oxygens (including phenoxy) is 1. The van der Waals surface area contributed by atoms with Crippen LogP contribution in [0.4, 0.5) is 0 Å². The van der Waals surface area contributed by atoms with Gasteiger partial charge in [0.05, 0.1) is 18.6 Å². The minimum absolute atomic E-state index is 0.0231. The average Bonchev–Trinajstić information content (AvgIpc) is 3.36. The molecule has 0 aromatic carbocycles. The predicted molar refractivity (Wildman–Crippen MR) is 124 cm³/mol. The number of ketones is 1. The molecule has 5 nitrogen and oxygen atoms in total. The summed E-state index contributed by atoms with van der Waals surface area (Å²) >= 11 is 0. The second-order valence-electron chi connectivity index (χ2n) is 12.0. The summed E-state index contributed by atoms with van der Waals surface area (Å²) in [6.45, 7) is 12.0. The third-order valence-electron chi connectivity index (χ3n) is 10.1. The molecule has 33 heavy (non-hydrogen) atoms. The fraction of sp³-hybridized carbons (Fsp3) is 0.643. The number of carbonyl (C=O) groups excluding carboxylic acids is 2. The van der Waals surface area contributed by atoms with Gasteiger partial charge in [0, 0.05) is 23.7 Å². The van der Waals surface area contributed by atoms with Gasteiger partial charge in [-0.2, -0.15) is 0 Å². The second kappa shape index (κ2) is 6.94. The molecule has 1 heterocycles. The Morgan fingerprint density at radius 3 is 2.58 bits per heavy atom. The van der Waals surface area contributed by atoms with E-state index in [1.165, 1.54) is 18.1 Å². The first-order valence-corrected chi connectivity index (χ1v) is 12.2. The predicted octanol–water partition coefficient (Wildman–Crippen LogP) is 5.21. The molecule has 0 saturated heterocycles. The van der Waals surface area contributed by atoms with E-state index >= 15 is 0 Å². The van der Waals surface area contributed by atoms with Gasteiger partial charge >= 0.3 is 5.97 Å². The van der Waals surface area contributed by atoms with Gasteiger partial charge in [-0.25, -0.2) is 0 Å². The summed E-state index contributed by atoms with van der Waals surface area (Å²) < 4.78 is 11.4. The van der Waals surface area contributed by atoms with Crippen molar-refractivity contribution in [3.8, 4) is 0 Å². The van der Waals surface area contributed by atoms with Crippen LogP contribution in [-0.4, -0.2) is 29.1 Å². The Morgan fingerprint density at radius 1 is 1.21 bits per heavy atom. The Hall–Kier alpha value is -2.14. The van der Waals surface area contributed by atoms with E-state index in [1.54, 1.807) is 12.3 Å². The van der Waals surface area contributed by atoms with E-state index in [1.807, 2.05) is 26.2 Å². The number of rotatable bonds is 2. The minimum Gasteiger partial charge on any atom is -0.472 e. The van der Waals surface area contributed by atoms with Gasteiger partial charge in [0.1, 0.15) is 6.10 Å².